The molecule has 10 heteroatoms. The van der Waals surface area contributed by atoms with Crippen LogP contribution in [0.25, 0.3) is 6.08 Å². The molecule has 2 aromatic rings. The van der Waals surface area contributed by atoms with Gasteiger partial charge < -0.3 is 40.1 Å². The number of nitrogens with zero attached hydrogens (tertiary/aromatic N) is 2. The van der Waals surface area contributed by atoms with Crippen LogP contribution in [0.15, 0.2) is 24.3 Å². The lowest BCUT2D eigenvalue weighted by atomic mass is 9.73. The summed E-state index contributed by atoms with van der Waals surface area (Å²) < 4.78 is 11.5. The van der Waals surface area contributed by atoms with Crippen LogP contribution in [0.1, 0.15) is 79.8 Å². The molecule has 0 bridgehead atoms. The average Bonchev–Trinajstić information content (AvgIpc) is 3.39. The summed E-state index contributed by atoms with van der Waals surface area (Å²) >= 11 is 0. The molecule has 3 saturated heterocycles. The smallest absolute Gasteiger partial charge is 0.238 e. The van der Waals surface area contributed by atoms with Crippen molar-refractivity contribution in [1.82, 2.24) is 20.4 Å². The van der Waals surface area contributed by atoms with Gasteiger partial charge in [-0.05, 0) is 86.7 Å². The highest BCUT2D eigenvalue weighted by Gasteiger charge is 2.45. The minimum absolute atomic E-state index is 0.140. The molecule has 3 aliphatic heterocycles. The zero-order chi connectivity index (χ0) is 30.6. The van der Waals surface area contributed by atoms with E-state index >= 15 is 0 Å². The quantitative estimate of drug-likeness (QED) is 0.243. The zero-order valence-electron chi connectivity index (χ0n) is 25.8. The molecule has 4 heterocycles. The molecule has 0 radical (unpaired) electrons. The van der Waals surface area contributed by atoms with Crippen molar-refractivity contribution in [2.75, 3.05) is 39.3 Å². The Morgan fingerprint density at radius 2 is 1.93 bits per heavy atom. The number of nitrogens with one attached hydrogen (secondary N) is 2. The third kappa shape index (κ3) is 7.50. The molecule has 5 rings (SSSR count). The summed E-state index contributed by atoms with van der Waals surface area (Å²) in [6.07, 6.45) is 4.60. The normalized spacial score (nSPS) is 28.2. The van der Waals surface area contributed by atoms with Crippen molar-refractivity contribution in [3.8, 4) is 5.88 Å². The van der Waals surface area contributed by atoms with Gasteiger partial charge in [0.05, 0.1) is 6.61 Å². The van der Waals surface area contributed by atoms with Crippen molar-refractivity contribution < 1.29 is 29.9 Å². The molecule has 1 aromatic heterocycles. The number of aromatic amines is 1. The van der Waals surface area contributed by atoms with Crippen LogP contribution in [-0.4, -0.2) is 106 Å². The number of aromatic nitrogens is 2. The van der Waals surface area contributed by atoms with Crippen molar-refractivity contribution in [3.05, 3.63) is 52.2 Å². The number of aliphatic hydroxyl groups excluding tert-OH is 4. The number of likely N-dealkylation sites (tertiary alicyclic amines) is 1. The topological polar surface area (TPSA) is 143 Å². The summed E-state index contributed by atoms with van der Waals surface area (Å²) in [6.45, 7) is 11.6. The molecule has 3 fully saturated rings. The highest BCUT2D eigenvalue weighted by Crippen LogP contribution is 2.38. The highest BCUT2D eigenvalue weighted by molar-refractivity contribution is 5.52. The number of benzene rings is 1. The maximum Gasteiger partial charge on any atom is 0.238 e. The van der Waals surface area contributed by atoms with Gasteiger partial charge in [0.1, 0.15) is 24.4 Å². The fourth-order valence-electron chi connectivity index (χ4n) is 6.94. The Bertz CT molecular complexity index is 1220. The van der Waals surface area contributed by atoms with E-state index in [0.29, 0.717) is 11.8 Å². The Balaban J connectivity index is 1.22. The highest BCUT2D eigenvalue weighted by atomic mass is 16.7. The van der Waals surface area contributed by atoms with Gasteiger partial charge in [0.25, 0.3) is 0 Å². The predicted octanol–water partition coefficient (Wildman–Crippen LogP) is 2.48. The number of hydrogen-bond acceptors (Lipinski definition) is 9. The predicted molar refractivity (Wildman–Crippen MR) is 165 cm³/mol. The molecule has 0 unspecified atom stereocenters. The third-order valence-corrected chi connectivity index (χ3v) is 9.58. The summed E-state index contributed by atoms with van der Waals surface area (Å²) in [7, 11) is 0. The van der Waals surface area contributed by atoms with Crippen molar-refractivity contribution >= 4 is 6.08 Å². The molecule has 1 aromatic carbocycles. The van der Waals surface area contributed by atoms with Gasteiger partial charge in [-0.15, -0.1) is 5.10 Å². The fraction of sp³-hybridized carbons (Fsp3) is 0.667. The minimum Gasteiger partial charge on any atom is -0.443 e. The van der Waals surface area contributed by atoms with Gasteiger partial charge in [0.2, 0.25) is 12.2 Å². The van der Waals surface area contributed by atoms with Gasteiger partial charge in [-0.1, -0.05) is 44.2 Å². The van der Waals surface area contributed by atoms with Gasteiger partial charge >= 0.3 is 0 Å². The van der Waals surface area contributed by atoms with E-state index in [0.717, 1.165) is 48.4 Å². The van der Waals surface area contributed by atoms with Crippen LogP contribution in [-0.2, 0) is 11.2 Å². The molecule has 43 heavy (non-hydrogen) atoms. The average molecular weight is 599 g/mol. The van der Waals surface area contributed by atoms with Crippen molar-refractivity contribution in [1.29, 1.82) is 0 Å². The second-order valence-electron chi connectivity index (χ2n) is 13.1. The Hall–Kier alpha value is -2.31. The van der Waals surface area contributed by atoms with E-state index in [9.17, 15) is 20.4 Å². The van der Waals surface area contributed by atoms with Crippen molar-refractivity contribution in [3.63, 3.8) is 0 Å². The molecular weight excluding hydrogens is 548 g/mol. The summed E-state index contributed by atoms with van der Waals surface area (Å²) in [4.78, 5) is 2.66. The molecule has 238 valence electrons. The lowest BCUT2D eigenvalue weighted by Gasteiger charge is -2.45. The van der Waals surface area contributed by atoms with Crippen molar-refractivity contribution in [2.24, 2.45) is 5.41 Å². The zero-order valence-corrected chi connectivity index (χ0v) is 25.8. The first-order valence-corrected chi connectivity index (χ1v) is 15.9. The number of aryl methyl sites for hydroxylation is 1. The Kier molecular flexibility index (Phi) is 10.6. The molecule has 1 spiro atoms. The summed E-state index contributed by atoms with van der Waals surface area (Å²) in [5.41, 5.74) is 5.73. The standard InChI is InChI=1S/C33H50N4O6/c1-21(2)27-25(31(36-35-27)43-32-30(41)29(40)28(39)26(19-38)42-32)18-24-9-8-23(17-22(24)3)7-4-5-15-37-16-6-10-33(20-37)11-13-34-14-12-33/h4,7-9,17,21,26,28-30,32,34,38-41H,5-6,10-16,18-20H2,1-3H3,(H,35,36)/t26-,28-,29+,30-,32+/m1/s1. The SMILES string of the molecule is Cc1cc(C=CCCN2CCCC3(CCNCC3)C2)ccc1Cc1c(O[C@@H]2O[C@H](CO)[C@@H](O)[C@H](O)[C@H]2O)n[nH]c1C(C)C. The Morgan fingerprint density at radius 3 is 2.65 bits per heavy atom. The second-order valence-corrected chi connectivity index (χ2v) is 13.1. The molecule has 0 saturated carbocycles. The number of H-pyrrole nitrogens is 1. The van der Waals surface area contributed by atoms with Crippen LogP contribution in [0.4, 0.5) is 0 Å². The maximum atomic E-state index is 10.5. The van der Waals surface area contributed by atoms with Gasteiger partial charge in [0, 0.05) is 30.8 Å². The van der Waals surface area contributed by atoms with Crippen LogP contribution < -0.4 is 10.1 Å². The minimum atomic E-state index is -1.52. The third-order valence-electron chi connectivity index (χ3n) is 9.58. The monoisotopic (exact) mass is 598 g/mol. The van der Waals surface area contributed by atoms with Crippen LogP contribution >= 0.6 is 0 Å². The van der Waals surface area contributed by atoms with Crippen LogP contribution in [0, 0.1) is 12.3 Å². The first-order chi connectivity index (χ1) is 20.7. The molecular formula is C33H50N4O6. The van der Waals surface area contributed by atoms with Gasteiger partial charge in [-0.3, -0.25) is 5.10 Å². The van der Waals surface area contributed by atoms with E-state index in [1.54, 1.807) is 0 Å². The van der Waals surface area contributed by atoms with E-state index < -0.39 is 37.3 Å². The van der Waals surface area contributed by atoms with E-state index in [4.69, 9.17) is 9.47 Å². The van der Waals surface area contributed by atoms with E-state index in [-0.39, 0.29) is 11.8 Å². The number of piperidine rings is 2. The number of hydrogen-bond donors (Lipinski definition) is 6. The molecule has 5 atom stereocenters. The Morgan fingerprint density at radius 1 is 1.14 bits per heavy atom. The van der Waals surface area contributed by atoms with Crippen LogP contribution in [0.5, 0.6) is 5.88 Å². The lowest BCUT2D eigenvalue weighted by molar-refractivity contribution is -0.278. The van der Waals surface area contributed by atoms with Crippen LogP contribution in [0.3, 0.4) is 0 Å². The summed E-state index contributed by atoms with van der Waals surface area (Å²) in [5, 5.41) is 51.3. The fourth-order valence-corrected chi connectivity index (χ4v) is 6.94. The van der Waals surface area contributed by atoms with Crippen LogP contribution in [0.2, 0.25) is 0 Å². The molecule has 0 aliphatic carbocycles. The molecule has 10 nitrogen and oxygen atoms in total. The van der Waals surface area contributed by atoms with E-state index in [1.165, 1.54) is 44.3 Å². The van der Waals surface area contributed by atoms with Gasteiger partial charge in [0.15, 0.2) is 0 Å². The molecule has 0 amide bonds. The summed E-state index contributed by atoms with van der Waals surface area (Å²) in [6, 6.07) is 6.47. The number of aliphatic hydroxyl groups is 4. The molecule has 3 aliphatic rings. The molecule has 6 N–H and O–H groups in total. The maximum absolute atomic E-state index is 10.5. The lowest BCUT2D eigenvalue weighted by Crippen LogP contribution is -2.60. The number of rotatable bonds is 10. The van der Waals surface area contributed by atoms with Gasteiger partial charge in [-0.2, -0.15) is 0 Å². The second kappa shape index (κ2) is 14.2. The van der Waals surface area contributed by atoms with E-state index in [1.807, 2.05) is 0 Å². The summed E-state index contributed by atoms with van der Waals surface area (Å²) in [5.74, 6) is 0.405. The van der Waals surface area contributed by atoms with E-state index in [2.05, 4.69) is 71.5 Å². The number of ether oxygens (including phenoxy) is 2. The first-order valence-electron chi connectivity index (χ1n) is 15.9. The Labute approximate surface area is 255 Å². The largest absolute Gasteiger partial charge is 0.443 e. The first kappa shape index (κ1) is 32.1. The van der Waals surface area contributed by atoms with Gasteiger partial charge in [-0.25, -0.2) is 0 Å². The van der Waals surface area contributed by atoms with Crippen molar-refractivity contribution in [2.45, 2.75) is 95.9 Å².